The average Bonchev–Trinajstić information content (AvgIpc) is 3.45. The second kappa shape index (κ2) is 11.4. The van der Waals surface area contributed by atoms with Crippen molar-refractivity contribution in [1.82, 2.24) is 10.2 Å². The van der Waals surface area contributed by atoms with E-state index < -0.39 is 0 Å². The third kappa shape index (κ3) is 5.83. The normalized spacial score (nSPS) is 13.5. The fourth-order valence-corrected chi connectivity index (χ4v) is 4.22. The van der Waals surface area contributed by atoms with Gasteiger partial charge in [-0.05, 0) is 67.3 Å². The molecule has 2 amide bonds. The lowest BCUT2D eigenvalue weighted by Crippen LogP contribution is -2.28. The molecule has 0 spiro atoms. The number of amides is 2. The number of aryl methyl sites for hydroxylation is 1. The van der Waals surface area contributed by atoms with E-state index in [4.69, 9.17) is 15.7 Å². The SMILES string of the molecule is Cc1cc(C(=O)NCc2cc(C(N)=NO)ccc2OCc2ccccc2)ccc1C(=O)N1CCCC1. The number of benzene rings is 3. The number of nitrogens with zero attached hydrogens (tertiary/aromatic N) is 2. The second-order valence-corrected chi connectivity index (χ2v) is 8.79. The van der Waals surface area contributed by atoms with Gasteiger partial charge in [0.25, 0.3) is 11.8 Å². The van der Waals surface area contributed by atoms with Gasteiger partial charge in [0.1, 0.15) is 12.4 Å². The van der Waals surface area contributed by atoms with Crippen molar-refractivity contribution >= 4 is 17.6 Å². The Morgan fingerprint density at radius 2 is 1.75 bits per heavy atom. The molecule has 1 aliphatic rings. The molecular formula is C28H30N4O4. The summed E-state index contributed by atoms with van der Waals surface area (Å²) in [6, 6.07) is 20.0. The van der Waals surface area contributed by atoms with Crippen LogP contribution in [0.1, 0.15) is 55.8 Å². The predicted molar refractivity (Wildman–Crippen MR) is 137 cm³/mol. The summed E-state index contributed by atoms with van der Waals surface area (Å²) < 4.78 is 6.00. The summed E-state index contributed by atoms with van der Waals surface area (Å²) in [5.41, 5.74) is 9.81. The van der Waals surface area contributed by atoms with Gasteiger partial charge in [-0.3, -0.25) is 9.59 Å². The Labute approximate surface area is 210 Å². The zero-order valence-electron chi connectivity index (χ0n) is 20.2. The standard InChI is InChI=1S/C28H30N4O4/c1-19-15-22(9-11-24(19)28(34)32-13-5-6-14-32)27(33)30-17-23-16-21(26(29)31-35)10-12-25(23)36-18-20-7-3-2-4-8-20/h2-4,7-12,15-16,35H,5-6,13-14,17-18H2,1H3,(H2,29,31)(H,30,33). The molecule has 0 radical (unpaired) electrons. The number of amidine groups is 1. The molecule has 0 bridgehead atoms. The van der Waals surface area contributed by atoms with Crippen LogP contribution in [-0.2, 0) is 13.2 Å². The molecular weight excluding hydrogens is 456 g/mol. The molecule has 4 N–H and O–H groups in total. The summed E-state index contributed by atoms with van der Waals surface area (Å²) in [6.45, 7) is 3.93. The van der Waals surface area contributed by atoms with E-state index in [0.29, 0.717) is 34.6 Å². The number of hydrogen-bond donors (Lipinski definition) is 3. The maximum absolute atomic E-state index is 12.9. The summed E-state index contributed by atoms with van der Waals surface area (Å²) in [7, 11) is 0. The molecule has 3 aromatic rings. The van der Waals surface area contributed by atoms with Crippen molar-refractivity contribution < 1.29 is 19.5 Å². The molecule has 36 heavy (non-hydrogen) atoms. The van der Waals surface area contributed by atoms with Gasteiger partial charge in [0, 0.05) is 41.9 Å². The van der Waals surface area contributed by atoms with Crippen LogP contribution in [0.2, 0.25) is 0 Å². The molecule has 0 aromatic heterocycles. The summed E-state index contributed by atoms with van der Waals surface area (Å²) in [6.07, 6.45) is 2.05. The van der Waals surface area contributed by atoms with Gasteiger partial charge in [0.2, 0.25) is 0 Å². The first-order chi connectivity index (χ1) is 17.5. The Hall–Kier alpha value is -4.33. The van der Waals surface area contributed by atoms with Crippen molar-refractivity contribution in [3.8, 4) is 5.75 Å². The highest BCUT2D eigenvalue weighted by Gasteiger charge is 2.21. The topological polar surface area (TPSA) is 117 Å². The number of nitrogens with one attached hydrogen (secondary N) is 1. The lowest BCUT2D eigenvalue weighted by Gasteiger charge is -2.17. The Morgan fingerprint density at radius 1 is 1.03 bits per heavy atom. The Morgan fingerprint density at radius 3 is 2.44 bits per heavy atom. The third-order valence-electron chi connectivity index (χ3n) is 6.25. The first-order valence-corrected chi connectivity index (χ1v) is 11.9. The van der Waals surface area contributed by atoms with Gasteiger partial charge in [-0.25, -0.2) is 0 Å². The quantitative estimate of drug-likeness (QED) is 0.194. The van der Waals surface area contributed by atoms with Crippen LogP contribution in [-0.4, -0.2) is 40.8 Å². The van der Waals surface area contributed by atoms with Crippen LogP contribution in [0.3, 0.4) is 0 Å². The van der Waals surface area contributed by atoms with Crippen LogP contribution in [0.15, 0.2) is 71.9 Å². The van der Waals surface area contributed by atoms with E-state index in [1.807, 2.05) is 42.2 Å². The van der Waals surface area contributed by atoms with Crippen LogP contribution in [0.4, 0.5) is 0 Å². The lowest BCUT2D eigenvalue weighted by molar-refractivity contribution is 0.0791. The monoisotopic (exact) mass is 486 g/mol. The highest BCUT2D eigenvalue weighted by molar-refractivity contribution is 5.99. The number of likely N-dealkylation sites (tertiary alicyclic amines) is 1. The molecule has 0 atom stereocenters. The number of carbonyl (C=O) groups is 2. The summed E-state index contributed by atoms with van der Waals surface area (Å²) in [5.74, 6) is 0.279. The predicted octanol–water partition coefficient (Wildman–Crippen LogP) is 3.83. The van der Waals surface area contributed by atoms with Crippen molar-refractivity contribution in [2.24, 2.45) is 10.9 Å². The van der Waals surface area contributed by atoms with E-state index in [2.05, 4.69) is 10.5 Å². The van der Waals surface area contributed by atoms with Crippen LogP contribution >= 0.6 is 0 Å². The maximum atomic E-state index is 12.9. The molecule has 8 heteroatoms. The van der Waals surface area contributed by atoms with Crippen molar-refractivity contribution in [1.29, 1.82) is 0 Å². The van der Waals surface area contributed by atoms with Gasteiger partial charge in [-0.2, -0.15) is 0 Å². The van der Waals surface area contributed by atoms with E-state index >= 15 is 0 Å². The Kier molecular flexibility index (Phi) is 7.85. The number of hydrogen-bond acceptors (Lipinski definition) is 5. The molecule has 8 nitrogen and oxygen atoms in total. The highest BCUT2D eigenvalue weighted by atomic mass is 16.5. The van der Waals surface area contributed by atoms with Gasteiger partial charge >= 0.3 is 0 Å². The second-order valence-electron chi connectivity index (χ2n) is 8.79. The van der Waals surface area contributed by atoms with Crippen LogP contribution in [0, 0.1) is 6.92 Å². The van der Waals surface area contributed by atoms with Gasteiger partial charge in [0.05, 0.1) is 0 Å². The zero-order chi connectivity index (χ0) is 25.5. The van der Waals surface area contributed by atoms with E-state index in [1.165, 1.54) is 0 Å². The van der Waals surface area contributed by atoms with Crippen LogP contribution < -0.4 is 15.8 Å². The number of carbonyl (C=O) groups excluding carboxylic acids is 2. The zero-order valence-corrected chi connectivity index (χ0v) is 20.2. The van der Waals surface area contributed by atoms with Crippen LogP contribution in [0.25, 0.3) is 0 Å². The largest absolute Gasteiger partial charge is 0.489 e. The minimum Gasteiger partial charge on any atom is -0.489 e. The van der Waals surface area contributed by atoms with Crippen LogP contribution in [0.5, 0.6) is 5.75 Å². The molecule has 3 aromatic carbocycles. The fraction of sp³-hybridized carbons (Fsp3) is 0.250. The fourth-order valence-electron chi connectivity index (χ4n) is 4.22. The summed E-state index contributed by atoms with van der Waals surface area (Å²) in [4.78, 5) is 27.5. The maximum Gasteiger partial charge on any atom is 0.254 e. The molecule has 1 saturated heterocycles. The van der Waals surface area contributed by atoms with E-state index in [1.54, 1.807) is 36.4 Å². The molecule has 4 rings (SSSR count). The first-order valence-electron chi connectivity index (χ1n) is 11.9. The molecule has 0 aliphatic carbocycles. The lowest BCUT2D eigenvalue weighted by atomic mass is 10.0. The Bertz CT molecular complexity index is 1270. The van der Waals surface area contributed by atoms with Gasteiger partial charge in [0.15, 0.2) is 5.84 Å². The van der Waals surface area contributed by atoms with Gasteiger partial charge in [-0.15, -0.1) is 0 Å². The molecule has 1 fully saturated rings. The van der Waals surface area contributed by atoms with Crippen molar-refractivity contribution in [2.75, 3.05) is 13.1 Å². The molecule has 1 heterocycles. The van der Waals surface area contributed by atoms with Gasteiger partial charge < -0.3 is 25.9 Å². The number of oxime groups is 1. The number of rotatable bonds is 8. The van der Waals surface area contributed by atoms with Crippen molar-refractivity contribution in [2.45, 2.75) is 32.9 Å². The smallest absolute Gasteiger partial charge is 0.254 e. The summed E-state index contributed by atoms with van der Waals surface area (Å²) in [5, 5.41) is 15.0. The Balaban J connectivity index is 1.48. The average molecular weight is 487 g/mol. The molecule has 0 saturated carbocycles. The molecule has 1 aliphatic heterocycles. The van der Waals surface area contributed by atoms with E-state index in [-0.39, 0.29) is 24.2 Å². The first kappa shape index (κ1) is 24.8. The minimum atomic E-state index is -0.276. The van der Waals surface area contributed by atoms with Crippen molar-refractivity contribution in [3.63, 3.8) is 0 Å². The highest BCUT2D eigenvalue weighted by Crippen LogP contribution is 2.22. The van der Waals surface area contributed by atoms with E-state index in [0.717, 1.165) is 37.1 Å². The number of ether oxygens (including phenoxy) is 1. The summed E-state index contributed by atoms with van der Waals surface area (Å²) >= 11 is 0. The molecule has 0 unspecified atom stereocenters. The number of nitrogens with two attached hydrogens (primary N) is 1. The molecule has 186 valence electrons. The minimum absolute atomic E-state index is 0.0112. The van der Waals surface area contributed by atoms with Gasteiger partial charge in [-0.1, -0.05) is 35.5 Å². The van der Waals surface area contributed by atoms with Crippen molar-refractivity contribution in [3.05, 3.63) is 100 Å². The van der Waals surface area contributed by atoms with E-state index in [9.17, 15) is 9.59 Å². The third-order valence-corrected chi connectivity index (χ3v) is 6.25.